The Morgan fingerprint density at radius 1 is 1.08 bits per heavy atom. The maximum atomic E-state index is 13.9. The van der Waals surface area contributed by atoms with Gasteiger partial charge in [0.05, 0.1) is 31.7 Å². The standard InChI is InChI=1S/C18H17Cl2FN2O/c19-14-3-1-2-13(10-14)12-22-6-8-23(9-7-22)18(24)16-5-4-15(20)11-17(16)21/h1-5,10-11H,6-9,12H2/p+1. The van der Waals surface area contributed by atoms with Crippen LogP contribution in [0.2, 0.25) is 10.0 Å². The summed E-state index contributed by atoms with van der Waals surface area (Å²) in [7, 11) is 0. The molecule has 2 aromatic carbocycles. The predicted octanol–water partition coefficient (Wildman–Crippen LogP) is 2.67. The fraction of sp³-hybridized carbons (Fsp3) is 0.278. The molecule has 0 saturated carbocycles. The van der Waals surface area contributed by atoms with E-state index < -0.39 is 5.82 Å². The van der Waals surface area contributed by atoms with E-state index >= 15 is 0 Å². The Kier molecular flexibility index (Phi) is 5.39. The van der Waals surface area contributed by atoms with Gasteiger partial charge in [0.2, 0.25) is 0 Å². The van der Waals surface area contributed by atoms with Crippen LogP contribution in [0.3, 0.4) is 0 Å². The third kappa shape index (κ3) is 4.07. The molecule has 3 rings (SSSR count). The molecule has 0 radical (unpaired) electrons. The smallest absolute Gasteiger partial charge is 0.257 e. The third-order valence-electron chi connectivity index (χ3n) is 4.26. The van der Waals surface area contributed by atoms with E-state index in [1.54, 1.807) is 11.0 Å². The van der Waals surface area contributed by atoms with Crippen molar-refractivity contribution in [2.45, 2.75) is 6.54 Å². The van der Waals surface area contributed by atoms with Crippen LogP contribution in [-0.4, -0.2) is 37.0 Å². The number of benzene rings is 2. The second-order valence-corrected chi connectivity index (χ2v) is 6.85. The highest BCUT2D eigenvalue weighted by Crippen LogP contribution is 2.16. The number of nitrogens with zero attached hydrogens (tertiary/aromatic N) is 1. The van der Waals surface area contributed by atoms with Gasteiger partial charge in [-0.2, -0.15) is 0 Å². The molecule has 0 bridgehead atoms. The van der Waals surface area contributed by atoms with Gasteiger partial charge in [-0.1, -0.05) is 35.3 Å². The van der Waals surface area contributed by atoms with E-state index in [0.717, 1.165) is 24.7 Å². The summed E-state index contributed by atoms with van der Waals surface area (Å²) in [5.41, 5.74) is 1.26. The minimum absolute atomic E-state index is 0.0812. The Hall–Kier alpha value is -1.62. The lowest BCUT2D eigenvalue weighted by Crippen LogP contribution is -3.13. The van der Waals surface area contributed by atoms with Crippen molar-refractivity contribution in [3.8, 4) is 0 Å². The number of piperazine rings is 1. The number of carbonyl (C=O) groups excluding carboxylic acids is 1. The molecular formula is C18H18Cl2FN2O+. The van der Waals surface area contributed by atoms with Crippen LogP contribution in [0.5, 0.6) is 0 Å². The highest BCUT2D eigenvalue weighted by atomic mass is 35.5. The Morgan fingerprint density at radius 2 is 1.79 bits per heavy atom. The number of halogens is 3. The summed E-state index contributed by atoms with van der Waals surface area (Å²) in [5.74, 6) is -0.841. The van der Waals surface area contributed by atoms with Gasteiger partial charge in [-0.25, -0.2) is 4.39 Å². The van der Waals surface area contributed by atoms with E-state index in [4.69, 9.17) is 23.2 Å². The van der Waals surface area contributed by atoms with Crippen molar-refractivity contribution in [1.29, 1.82) is 0 Å². The van der Waals surface area contributed by atoms with Crippen molar-refractivity contribution in [1.82, 2.24) is 4.90 Å². The maximum absolute atomic E-state index is 13.9. The number of nitrogens with one attached hydrogen (secondary N) is 1. The average molecular weight is 368 g/mol. The zero-order valence-corrected chi connectivity index (χ0v) is 14.6. The Morgan fingerprint density at radius 3 is 2.46 bits per heavy atom. The summed E-state index contributed by atoms with van der Waals surface area (Å²) in [6.07, 6.45) is 0. The molecule has 1 amide bonds. The van der Waals surface area contributed by atoms with Gasteiger partial charge in [-0.3, -0.25) is 4.79 Å². The zero-order chi connectivity index (χ0) is 17.1. The number of rotatable bonds is 3. The van der Waals surface area contributed by atoms with Crippen molar-refractivity contribution in [2.24, 2.45) is 0 Å². The minimum Gasteiger partial charge on any atom is -0.328 e. The van der Waals surface area contributed by atoms with Crippen LogP contribution in [0.1, 0.15) is 15.9 Å². The summed E-state index contributed by atoms with van der Waals surface area (Å²) in [6, 6.07) is 12.0. The van der Waals surface area contributed by atoms with Crippen molar-refractivity contribution in [3.05, 3.63) is 69.5 Å². The lowest BCUT2D eigenvalue weighted by Gasteiger charge is -2.32. The lowest BCUT2D eigenvalue weighted by atomic mass is 10.1. The Balaban J connectivity index is 1.59. The number of hydrogen-bond donors (Lipinski definition) is 1. The van der Waals surface area contributed by atoms with Gasteiger partial charge < -0.3 is 9.80 Å². The molecule has 1 aliphatic rings. The molecule has 1 heterocycles. The molecule has 1 aliphatic heterocycles. The molecule has 24 heavy (non-hydrogen) atoms. The van der Waals surface area contributed by atoms with Gasteiger partial charge in [0, 0.05) is 15.6 Å². The Labute approximate surface area is 150 Å². The molecule has 6 heteroatoms. The molecule has 0 spiro atoms. The first-order chi connectivity index (χ1) is 11.5. The van der Waals surface area contributed by atoms with Gasteiger partial charge >= 0.3 is 0 Å². The third-order valence-corrected chi connectivity index (χ3v) is 4.73. The van der Waals surface area contributed by atoms with Gasteiger partial charge in [-0.15, -0.1) is 0 Å². The first-order valence-corrected chi connectivity index (χ1v) is 8.61. The highest BCUT2D eigenvalue weighted by molar-refractivity contribution is 6.30. The van der Waals surface area contributed by atoms with Crippen molar-refractivity contribution >= 4 is 29.1 Å². The van der Waals surface area contributed by atoms with Crippen LogP contribution in [0, 0.1) is 5.82 Å². The Bertz CT molecular complexity index is 746. The van der Waals surface area contributed by atoms with Crippen molar-refractivity contribution < 1.29 is 14.1 Å². The summed E-state index contributed by atoms with van der Waals surface area (Å²) >= 11 is 11.8. The van der Waals surface area contributed by atoms with Crippen LogP contribution >= 0.6 is 23.2 Å². The largest absolute Gasteiger partial charge is 0.328 e. The molecule has 0 aromatic heterocycles. The fourth-order valence-corrected chi connectivity index (χ4v) is 3.34. The summed E-state index contributed by atoms with van der Waals surface area (Å²) in [6.45, 7) is 3.74. The van der Waals surface area contributed by atoms with E-state index in [1.807, 2.05) is 18.2 Å². The first kappa shape index (κ1) is 17.2. The maximum Gasteiger partial charge on any atom is 0.257 e. The molecule has 1 fully saturated rings. The molecule has 1 saturated heterocycles. The molecular weight excluding hydrogens is 350 g/mol. The summed E-state index contributed by atoms with van der Waals surface area (Å²) < 4.78 is 13.9. The molecule has 3 nitrogen and oxygen atoms in total. The monoisotopic (exact) mass is 367 g/mol. The van der Waals surface area contributed by atoms with Gasteiger partial charge in [0.25, 0.3) is 5.91 Å². The average Bonchev–Trinajstić information content (AvgIpc) is 2.55. The minimum atomic E-state index is -0.568. The van der Waals surface area contributed by atoms with Gasteiger partial charge in [0.15, 0.2) is 0 Å². The fourth-order valence-electron chi connectivity index (χ4n) is 2.97. The predicted molar refractivity (Wildman–Crippen MR) is 93.2 cm³/mol. The van der Waals surface area contributed by atoms with E-state index in [2.05, 4.69) is 6.07 Å². The van der Waals surface area contributed by atoms with Crippen LogP contribution in [0.15, 0.2) is 42.5 Å². The van der Waals surface area contributed by atoms with Crippen molar-refractivity contribution in [3.63, 3.8) is 0 Å². The topological polar surface area (TPSA) is 24.8 Å². The normalized spacial score (nSPS) is 15.5. The summed E-state index contributed by atoms with van der Waals surface area (Å²) in [5, 5.41) is 1.03. The van der Waals surface area contributed by atoms with Crippen LogP contribution < -0.4 is 4.90 Å². The van der Waals surface area contributed by atoms with Crippen LogP contribution in [-0.2, 0) is 6.54 Å². The van der Waals surface area contributed by atoms with Gasteiger partial charge in [0.1, 0.15) is 12.4 Å². The summed E-state index contributed by atoms with van der Waals surface area (Å²) in [4.78, 5) is 15.5. The molecule has 0 atom stereocenters. The highest BCUT2D eigenvalue weighted by Gasteiger charge is 2.26. The van der Waals surface area contributed by atoms with Gasteiger partial charge in [-0.05, 0) is 30.3 Å². The van der Waals surface area contributed by atoms with E-state index in [0.29, 0.717) is 18.1 Å². The molecule has 0 unspecified atom stereocenters. The van der Waals surface area contributed by atoms with E-state index in [1.165, 1.54) is 22.6 Å². The molecule has 126 valence electrons. The SMILES string of the molecule is O=C(c1ccc(Cl)cc1F)N1CC[NH+](Cc2cccc(Cl)c2)CC1. The first-order valence-electron chi connectivity index (χ1n) is 7.85. The number of carbonyl (C=O) groups is 1. The second kappa shape index (κ2) is 7.51. The number of quaternary nitrogens is 1. The van der Waals surface area contributed by atoms with E-state index in [-0.39, 0.29) is 11.5 Å². The van der Waals surface area contributed by atoms with E-state index in [9.17, 15) is 9.18 Å². The quantitative estimate of drug-likeness (QED) is 0.886. The molecule has 0 aliphatic carbocycles. The number of amides is 1. The molecule has 2 aromatic rings. The lowest BCUT2D eigenvalue weighted by molar-refractivity contribution is -0.917. The van der Waals surface area contributed by atoms with Crippen molar-refractivity contribution in [2.75, 3.05) is 26.2 Å². The second-order valence-electron chi connectivity index (χ2n) is 5.97. The van der Waals surface area contributed by atoms with Crippen LogP contribution in [0.4, 0.5) is 4.39 Å². The molecule has 1 N–H and O–H groups in total. The number of hydrogen-bond acceptors (Lipinski definition) is 1. The van der Waals surface area contributed by atoms with Crippen LogP contribution in [0.25, 0.3) is 0 Å². The zero-order valence-electron chi connectivity index (χ0n) is 13.1.